The van der Waals surface area contributed by atoms with Crippen LogP contribution in [-0.2, 0) is 14.3 Å². The van der Waals surface area contributed by atoms with Crippen LogP contribution in [0.4, 0.5) is 0 Å². The summed E-state index contributed by atoms with van der Waals surface area (Å²) >= 11 is 0. The van der Waals surface area contributed by atoms with Crippen molar-refractivity contribution in [1.82, 2.24) is 4.90 Å². The Kier molecular flexibility index (Phi) is 4.81. The number of nitrogens with two attached hydrogens (primary N) is 1. The summed E-state index contributed by atoms with van der Waals surface area (Å²) in [6.45, 7) is 3.46. The van der Waals surface area contributed by atoms with Gasteiger partial charge in [-0.25, -0.2) is 0 Å². The fourth-order valence-electron chi connectivity index (χ4n) is 3.07. The van der Waals surface area contributed by atoms with Gasteiger partial charge in [-0.15, -0.1) is 0 Å². The van der Waals surface area contributed by atoms with Crippen LogP contribution in [0.5, 0.6) is 0 Å². The van der Waals surface area contributed by atoms with Crippen molar-refractivity contribution in [2.45, 2.75) is 31.2 Å². The van der Waals surface area contributed by atoms with Crippen LogP contribution >= 0.6 is 0 Å². The lowest BCUT2D eigenvalue weighted by Gasteiger charge is -2.37. The molecule has 1 aliphatic heterocycles. The summed E-state index contributed by atoms with van der Waals surface area (Å²) in [5.74, 6) is 0.693. The van der Waals surface area contributed by atoms with E-state index in [9.17, 15) is 4.79 Å². The van der Waals surface area contributed by atoms with Gasteiger partial charge in [0, 0.05) is 20.3 Å². The number of esters is 1. The predicted octanol–water partition coefficient (Wildman–Crippen LogP) is 0.625. The monoisotopic (exact) mass is 270 g/mol. The Morgan fingerprint density at radius 2 is 1.89 bits per heavy atom. The number of ether oxygens (including phenoxy) is 2. The molecule has 0 spiro atoms. The molecule has 2 N–H and O–H groups in total. The number of likely N-dealkylation sites (tertiary alicyclic amines) is 1. The fraction of sp³-hybridized carbons (Fsp3) is 0.929. The van der Waals surface area contributed by atoms with Crippen molar-refractivity contribution >= 4 is 5.97 Å². The average molecular weight is 270 g/mol. The van der Waals surface area contributed by atoms with Gasteiger partial charge in [-0.05, 0) is 50.6 Å². The van der Waals surface area contributed by atoms with E-state index >= 15 is 0 Å². The first-order valence-corrected chi connectivity index (χ1v) is 7.18. The highest BCUT2D eigenvalue weighted by atomic mass is 16.5. The van der Waals surface area contributed by atoms with Crippen LogP contribution in [0.2, 0.25) is 0 Å². The second-order valence-electron chi connectivity index (χ2n) is 5.98. The molecule has 2 fully saturated rings. The highest BCUT2D eigenvalue weighted by molar-refractivity contribution is 5.81. The number of carbonyl (C=O) groups excluding carboxylic acids is 1. The summed E-state index contributed by atoms with van der Waals surface area (Å²) in [5, 5.41) is 0. The highest BCUT2D eigenvalue weighted by Crippen LogP contribution is 2.39. The molecule has 2 rings (SSSR count). The molecule has 0 aromatic heterocycles. The van der Waals surface area contributed by atoms with Gasteiger partial charge in [0.25, 0.3) is 0 Å². The Morgan fingerprint density at radius 1 is 1.26 bits per heavy atom. The van der Waals surface area contributed by atoms with Crippen LogP contribution in [0.25, 0.3) is 0 Å². The number of piperidine rings is 1. The maximum atomic E-state index is 12.0. The number of carbonyl (C=O) groups is 1. The van der Waals surface area contributed by atoms with Crippen LogP contribution in [0, 0.1) is 11.8 Å². The molecule has 0 bridgehead atoms. The molecular weight excluding hydrogens is 244 g/mol. The molecule has 0 aromatic rings. The molecule has 1 heterocycles. The molecular formula is C14H26N2O3. The van der Waals surface area contributed by atoms with Crippen molar-refractivity contribution in [2.75, 3.05) is 40.5 Å². The van der Waals surface area contributed by atoms with Gasteiger partial charge in [-0.2, -0.15) is 0 Å². The second kappa shape index (κ2) is 6.20. The molecule has 1 saturated heterocycles. The smallest absolute Gasteiger partial charge is 0.327 e. The van der Waals surface area contributed by atoms with Gasteiger partial charge >= 0.3 is 5.97 Å². The van der Waals surface area contributed by atoms with Gasteiger partial charge in [-0.3, -0.25) is 4.79 Å². The van der Waals surface area contributed by atoms with E-state index in [1.807, 2.05) is 0 Å². The topological polar surface area (TPSA) is 64.8 Å². The zero-order valence-electron chi connectivity index (χ0n) is 12.1. The third-order valence-corrected chi connectivity index (χ3v) is 4.47. The fourth-order valence-corrected chi connectivity index (χ4v) is 3.07. The highest BCUT2D eigenvalue weighted by Gasteiger charge is 2.50. The van der Waals surface area contributed by atoms with Crippen molar-refractivity contribution < 1.29 is 14.3 Å². The molecule has 1 unspecified atom stereocenters. The SMILES string of the molecule is COCC1CCN(CC(N)(C(=O)OC)C2CC2)CC1. The Labute approximate surface area is 115 Å². The molecule has 5 heteroatoms. The minimum absolute atomic E-state index is 0.256. The third-order valence-electron chi connectivity index (χ3n) is 4.47. The Balaban J connectivity index is 1.87. The second-order valence-corrected chi connectivity index (χ2v) is 5.98. The van der Waals surface area contributed by atoms with Gasteiger partial charge < -0.3 is 20.1 Å². The van der Waals surface area contributed by atoms with Gasteiger partial charge in [0.2, 0.25) is 0 Å². The van der Waals surface area contributed by atoms with Gasteiger partial charge in [0.15, 0.2) is 0 Å². The molecule has 1 atom stereocenters. The number of rotatable bonds is 6. The molecule has 0 radical (unpaired) electrons. The van der Waals surface area contributed by atoms with Gasteiger partial charge in [0.1, 0.15) is 5.54 Å². The van der Waals surface area contributed by atoms with Crippen molar-refractivity contribution in [2.24, 2.45) is 17.6 Å². The lowest BCUT2D eigenvalue weighted by atomic mass is 9.91. The van der Waals surface area contributed by atoms with Crippen molar-refractivity contribution in [3.05, 3.63) is 0 Å². The van der Waals surface area contributed by atoms with E-state index in [-0.39, 0.29) is 5.97 Å². The van der Waals surface area contributed by atoms with Crippen molar-refractivity contribution in [3.63, 3.8) is 0 Å². The van der Waals surface area contributed by atoms with Crippen LogP contribution < -0.4 is 5.73 Å². The van der Waals surface area contributed by atoms with Crippen molar-refractivity contribution in [3.8, 4) is 0 Å². The van der Waals surface area contributed by atoms with E-state index in [2.05, 4.69) is 4.90 Å². The Morgan fingerprint density at radius 3 is 2.37 bits per heavy atom. The zero-order valence-corrected chi connectivity index (χ0v) is 12.1. The maximum absolute atomic E-state index is 12.0. The van der Waals surface area contributed by atoms with E-state index < -0.39 is 5.54 Å². The Hall–Kier alpha value is -0.650. The summed E-state index contributed by atoms with van der Waals surface area (Å²) in [6, 6.07) is 0. The molecule has 1 saturated carbocycles. The summed E-state index contributed by atoms with van der Waals surface area (Å²) < 4.78 is 10.1. The standard InChI is InChI=1S/C14H26N2O3/c1-18-9-11-5-7-16(8-6-11)10-14(15,12-3-4-12)13(17)19-2/h11-12H,3-10,15H2,1-2H3. The number of methoxy groups -OCH3 is 2. The predicted molar refractivity (Wildman–Crippen MR) is 72.7 cm³/mol. The normalized spacial score (nSPS) is 25.0. The van der Waals surface area contributed by atoms with Crippen LogP contribution in [0.1, 0.15) is 25.7 Å². The number of hydrogen-bond donors (Lipinski definition) is 1. The maximum Gasteiger partial charge on any atom is 0.327 e. The molecule has 5 nitrogen and oxygen atoms in total. The largest absolute Gasteiger partial charge is 0.468 e. The van der Waals surface area contributed by atoms with Crippen LogP contribution in [-0.4, -0.2) is 56.9 Å². The molecule has 2 aliphatic rings. The number of hydrogen-bond acceptors (Lipinski definition) is 5. The lowest BCUT2D eigenvalue weighted by Crippen LogP contribution is -2.59. The van der Waals surface area contributed by atoms with Crippen LogP contribution in [0.3, 0.4) is 0 Å². The molecule has 19 heavy (non-hydrogen) atoms. The molecule has 0 aromatic carbocycles. The summed E-state index contributed by atoms with van der Waals surface area (Å²) in [5.41, 5.74) is 5.54. The average Bonchev–Trinajstić information content (AvgIpc) is 3.25. The zero-order chi connectivity index (χ0) is 13.9. The van der Waals surface area contributed by atoms with E-state index in [1.165, 1.54) is 7.11 Å². The lowest BCUT2D eigenvalue weighted by molar-refractivity contribution is -0.149. The van der Waals surface area contributed by atoms with E-state index in [4.69, 9.17) is 15.2 Å². The first kappa shape index (κ1) is 14.8. The van der Waals surface area contributed by atoms with E-state index in [1.54, 1.807) is 7.11 Å². The minimum atomic E-state index is -0.803. The minimum Gasteiger partial charge on any atom is -0.468 e. The molecule has 110 valence electrons. The first-order valence-electron chi connectivity index (χ1n) is 7.18. The molecule has 1 aliphatic carbocycles. The van der Waals surface area contributed by atoms with Gasteiger partial charge in [0.05, 0.1) is 7.11 Å². The van der Waals surface area contributed by atoms with E-state index in [0.717, 1.165) is 45.4 Å². The summed E-state index contributed by atoms with van der Waals surface area (Å²) in [4.78, 5) is 14.3. The summed E-state index contributed by atoms with van der Waals surface area (Å²) in [6.07, 6.45) is 4.34. The van der Waals surface area contributed by atoms with Crippen molar-refractivity contribution in [1.29, 1.82) is 0 Å². The summed E-state index contributed by atoms with van der Waals surface area (Å²) in [7, 11) is 3.18. The van der Waals surface area contributed by atoms with E-state index in [0.29, 0.717) is 18.4 Å². The number of nitrogens with zero attached hydrogens (tertiary/aromatic N) is 1. The molecule has 0 amide bonds. The van der Waals surface area contributed by atoms with Gasteiger partial charge in [-0.1, -0.05) is 0 Å². The first-order chi connectivity index (χ1) is 9.10. The third kappa shape index (κ3) is 3.46. The van der Waals surface area contributed by atoms with Crippen LogP contribution in [0.15, 0.2) is 0 Å². The quantitative estimate of drug-likeness (QED) is 0.717. The Bertz CT molecular complexity index is 312.